The van der Waals surface area contributed by atoms with E-state index in [1.54, 1.807) is 62.4 Å². The average Bonchev–Trinajstić information content (AvgIpc) is 3.69. The molecule has 0 aromatic heterocycles. The first-order valence-electron chi connectivity index (χ1n) is 19.8. The lowest BCUT2D eigenvalue weighted by Crippen LogP contribution is -2.61. The van der Waals surface area contributed by atoms with Gasteiger partial charge in [-0.3, -0.25) is 24.0 Å². The predicted octanol–water partition coefficient (Wildman–Crippen LogP) is 2.81. The number of carbonyl (C=O) groups is 6. The van der Waals surface area contributed by atoms with Crippen LogP contribution in [0.1, 0.15) is 71.4 Å². The summed E-state index contributed by atoms with van der Waals surface area (Å²) in [6, 6.07) is 10.3. The summed E-state index contributed by atoms with van der Waals surface area (Å²) in [6.07, 6.45) is 2.02. The van der Waals surface area contributed by atoms with E-state index in [1.807, 2.05) is 32.9 Å². The van der Waals surface area contributed by atoms with Crippen molar-refractivity contribution in [2.45, 2.75) is 109 Å². The topological polar surface area (TPSA) is 175 Å². The van der Waals surface area contributed by atoms with Gasteiger partial charge >= 0.3 is 5.97 Å². The minimum atomic E-state index is -1.43. The molecule has 2 aromatic carbocycles. The number of hydrogen-bond acceptors (Lipinski definition) is 9. The Kier molecular flexibility index (Phi) is 16.2. The fourth-order valence-electron chi connectivity index (χ4n) is 7.31. The second kappa shape index (κ2) is 20.8. The Morgan fingerprint density at radius 2 is 1.49 bits per heavy atom. The summed E-state index contributed by atoms with van der Waals surface area (Å²) in [4.78, 5) is 88.8. The third kappa shape index (κ3) is 11.4. The van der Waals surface area contributed by atoms with Crippen molar-refractivity contribution in [2.24, 2.45) is 5.92 Å². The summed E-state index contributed by atoms with van der Waals surface area (Å²) in [5, 5.41) is 15.9. The van der Waals surface area contributed by atoms with Crippen molar-refractivity contribution in [1.82, 2.24) is 25.3 Å². The number of likely N-dealkylation sites (N-methyl/N-ethyl adjacent to an activating group) is 2. The molecule has 4 rings (SSSR count). The van der Waals surface area contributed by atoms with Gasteiger partial charge in [-0.2, -0.15) is 0 Å². The molecule has 57 heavy (non-hydrogen) atoms. The van der Waals surface area contributed by atoms with Crippen molar-refractivity contribution in [2.75, 3.05) is 33.9 Å². The quantitative estimate of drug-likeness (QED) is 0.229. The molecular formula is C43H59N5O9. The lowest BCUT2D eigenvalue weighted by molar-refractivity contribution is -0.167. The largest absolute Gasteiger partial charge is 0.490 e. The van der Waals surface area contributed by atoms with E-state index < -0.39 is 84.3 Å². The maximum atomic E-state index is 14.5. The van der Waals surface area contributed by atoms with Crippen molar-refractivity contribution in [3.05, 3.63) is 77.4 Å². The molecule has 14 heteroatoms. The minimum absolute atomic E-state index is 0.0105. The Bertz CT molecular complexity index is 1750. The number of aliphatic hydroxyl groups is 1. The number of benzene rings is 2. The van der Waals surface area contributed by atoms with Crippen LogP contribution in [0.5, 0.6) is 5.75 Å². The second-order valence-corrected chi connectivity index (χ2v) is 15.2. The number of aliphatic hydroxyl groups excluding tert-OH is 1. The van der Waals surface area contributed by atoms with Gasteiger partial charge < -0.3 is 39.9 Å². The summed E-state index contributed by atoms with van der Waals surface area (Å²) in [6.45, 7) is 9.14. The van der Waals surface area contributed by atoms with Gasteiger partial charge in [-0.15, -0.1) is 0 Å². The van der Waals surface area contributed by atoms with Crippen LogP contribution in [0.2, 0.25) is 0 Å². The lowest BCUT2D eigenvalue weighted by atomic mass is 9.95. The third-order valence-corrected chi connectivity index (χ3v) is 10.8. The van der Waals surface area contributed by atoms with Crippen LogP contribution in [-0.4, -0.2) is 125 Å². The Labute approximate surface area is 335 Å². The molecule has 2 saturated heterocycles. The summed E-state index contributed by atoms with van der Waals surface area (Å²) in [5.74, 6) is -3.76. The maximum Gasteiger partial charge on any atom is 0.329 e. The van der Waals surface area contributed by atoms with Gasteiger partial charge in [-0.25, -0.2) is 4.79 Å². The number of rotatable bonds is 11. The number of nitrogens with one attached hydrogen (secondary N) is 2. The summed E-state index contributed by atoms with van der Waals surface area (Å²) >= 11 is 0. The molecule has 0 unspecified atom stereocenters. The zero-order valence-corrected chi connectivity index (χ0v) is 34.2. The molecule has 2 aliphatic rings. The summed E-state index contributed by atoms with van der Waals surface area (Å²) in [7, 11) is 2.88. The van der Waals surface area contributed by atoms with Gasteiger partial charge in [-0.05, 0) is 68.4 Å². The van der Waals surface area contributed by atoms with Crippen LogP contribution in [-0.2, 0) is 46.3 Å². The second-order valence-electron chi connectivity index (χ2n) is 15.2. The fourth-order valence-corrected chi connectivity index (χ4v) is 7.31. The number of carbonyl (C=O) groups excluding carboxylic acids is 6. The number of esters is 1. The number of hydrogen-bond donors (Lipinski definition) is 3. The van der Waals surface area contributed by atoms with Crippen LogP contribution in [0.4, 0.5) is 0 Å². The van der Waals surface area contributed by atoms with E-state index in [4.69, 9.17) is 9.47 Å². The minimum Gasteiger partial charge on any atom is -0.490 e. The molecule has 310 valence electrons. The molecule has 2 aromatic rings. The molecule has 5 amide bonds. The first-order chi connectivity index (χ1) is 27.2. The smallest absolute Gasteiger partial charge is 0.329 e. The molecule has 2 aliphatic heterocycles. The molecule has 0 radical (unpaired) electrons. The van der Waals surface area contributed by atoms with Crippen molar-refractivity contribution in [3.8, 4) is 5.75 Å². The molecule has 0 spiro atoms. The molecule has 0 bridgehead atoms. The highest BCUT2D eigenvalue weighted by atomic mass is 16.6. The molecule has 0 saturated carbocycles. The monoisotopic (exact) mass is 789 g/mol. The predicted molar refractivity (Wildman–Crippen MR) is 214 cm³/mol. The normalized spacial score (nSPS) is 24.8. The van der Waals surface area contributed by atoms with Crippen LogP contribution in [0.25, 0.3) is 0 Å². The maximum absolute atomic E-state index is 14.5. The highest BCUT2D eigenvalue weighted by Gasteiger charge is 2.43. The van der Waals surface area contributed by atoms with Gasteiger partial charge in [0.1, 0.15) is 42.6 Å². The average molecular weight is 790 g/mol. The number of fused-ring (bicyclic) bond motifs is 1. The fraction of sp³-hybridized carbons (Fsp3) is 0.535. The number of ether oxygens (including phenoxy) is 2. The third-order valence-electron chi connectivity index (χ3n) is 10.8. The molecule has 14 nitrogen and oxygen atoms in total. The first kappa shape index (κ1) is 44.5. The number of cyclic esters (lactones) is 1. The van der Waals surface area contributed by atoms with E-state index in [0.29, 0.717) is 36.3 Å². The molecule has 2 heterocycles. The van der Waals surface area contributed by atoms with E-state index in [1.165, 1.54) is 28.8 Å². The summed E-state index contributed by atoms with van der Waals surface area (Å²) < 4.78 is 11.8. The summed E-state index contributed by atoms with van der Waals surface area (Å²) in [5.41, 5.74) is 2.52. The SMILES string of the molecule is CC[C@H](C)[C@H]1C(=O)N[C@@H](Cc2ccc(OCC=C(C)C)cc2)C(=O)N(C)[C@@H](CC)C(=O)O[C@H](Cc2ccccc2)C(=O)N2CCC[C@H]2C(=O)N[C@@H](CO)C(=O)N1C. The van der Waals surface area contributed by atoms with E-state index in [2.05, 4.69) is 10.6 Å². The zero-order chi connectivity index (χ0) is 41.8. The van der Waals surface area contributed by atoms with Crippen LogP contribution in [0.15, 0.2) is 66.2 Å². The number of amides is 5. The van der Waals surface area contributed by atoms with Crippen LogP contribution in [0, 0.1) is 5.92 Å². The van der Waals surface area contributed by atoms with Gasteiger partial charge in [0.15, 0.2) is 6.10 Å². The standard InChI is InChI=1S/C43H59N5O9/c1-8-28(5)37-39(51)44-32(24-30-17-19-31(20-18-30)56-23-21-27(3)4)40(52)46(6)34(9-2)43(55)57-36(25-29-14-11-10-12-15-29)42(54)48-22-13-16-35(48)38(50)45-33(26-49)41(53)47(37)7/h10-12,14-15,17-21,28,32-37,49H,8-9,13,16,22-26H2,1-7H3,(H,44,51)(H,45,50)/t28-,32-,33-,34-,35-,36+,37-/m0/s1. The van der Waals surface area contributed by atoms with Crippen molar-refractivity contribution in [3.63, 3.8) is 0 Å². The Balaban J connectivity index is 1.77. The van der Waals surface area contributed by atoms with Crippen molar-refractivity contribution < 1.29 is 43.3 Å². The van der Waals surface area contributed by atoms with Gasteiger partial charge in [-0.1, -0.05) is 75.2 Å². The molecule has 0 aliphatic carbocycles. The van der Waals surface area contributed by atoms with E-state index in [0.717, 1.165) is 5.57 Å². The highest BCUT2D eigenvalue weighted by Crippen LogP contribution is 2.24. The van der Waals surface area contributed by atoms with E-state index in [-0.39, 0.29) is 32.2 Å². The Morgan fingerprint density at radius 3 is 2.11 bits per heavy atom. The van der Waals surface area contributed by atoms with Gasteiger partial charge in [0.2, 0.25) is 23.6 Å². The zero-order valence-electron chi connectivity index (χ0n) is 34.2. The molecular weight excluding hydrogens is 730 g/mol. The van der Waals surface area contributed by atoms with Crippen LogP contribution >= 0.6 is 0 Å². The first-order valence-corrected chi connectivity index (χ1v) is 19.8. The van der Waals surface area contributed by atoms with Crippen LogP contribution in [0.3, 0.4) is 0 Å². The molecule has 7 atom stereocenters. The molecule has 3 N–H and O–H groups in total. The van der Waals surface area contributed by atoms with Crippen molar-refractivity contribution in [1.29, 1.82) is 0 Å². The lowest BCUT2D eigenvalue weighted by Gasteiger charge is -2.36. The van der Waals surface area contributed by atoms with E-state index >= 15 is 0 Å². The van der Waals surface area contributed by atoms with Crippen molar-refractivity contribution >= 4 is 35.5 Å². The molecule has 2 fully saturated rings. The highest BCUT2D eigenvalue weighted by molar-refractivity contribution is 5.97. The van der Waals surface area contributed by atoms with Gasteiger partial charge in [0, 0.05) is 33.5 Å². The number of nitrogens with zero attached hydrogens (tertiary/aromatic N) is 3. The Hall–Kier alpha value is -5.24. The van der Waals surface area contributed by atoms with Gasteiger partial charge in [0.25, 0.3) is 5.91 Å². The Morgan fingerprint density at radius 1 is 0.860 bits per heavy atom. The van der Waals surface area contributed by atoms with Gasteiger partial charge in [0.05, 0.1) is 6.61 Å². The number of allylic oxidation sites excluding steroid dienone is 1. The van der Waals surface area contributed by atoms with Crippen LogP contribution < -0.4 is 15.4 Å². The van der Waals surface area contributed by atoms with E-state index in [9.17, 15) is 33.9 Å².